The van der Waals surface area contributed by atoms with Gasteiger partial charge in [0.05, 0.1) is 25.4 Å². The molecule has 0 bridgehead atoms. The lowest BCUT2D eigenvalue weighted by Gasteiger charge is -2.58. The predicted octanol–water partition coefficient (Wildman–Crippen LogP) is 3.74. The molecule has 3 aromatic rings. The van der Waals surface area contributed by atoms with Gasteiger partial charge in [-0.15, -0.1) is 10.2 Å². The highest BCUT2D eigenvalue weighted by molar-refractivity contribution is 6.30. The van der Waals surface area contributed by atoms with Crippen LogP contribution in [0.4, 0.5) is 10.7 Å². The van der Waals surface area contributed by atoms with E-state index in [-0.39, 0.29) is 11.5 Å². The van der Waals surface area contributed by atoms with Gasteiger partial charge in [0.1, 0.15) is 5.82 Å². The smallest absolute Gasteiger partial charge is 0.410 e. The van der Waals surface area contributed by atoms with Crippen LogP contribution in [0.1, 0.15) is 48.9 Å². The number of fused-ring (bicyclic) bond motifs is 3. The number of methoxy groups -OCH3 is 1. The molecule has 33 heavy (non-hydrogen) atoms. The molecule has 1 spiro atoms. The maximum absolute atomic E-state index is 12.5. The molecule has 2 aromatic heterocycles. The first-order valence-electron chi connectivity index (χ1n) is 11.1. The zero-order valence-electron chi connectivity index (χ0n) is 18.5. The van der Waals surface area contributed by atoms with Crippen LogP contribution in [-0.2, 0) is 11.3 Å². The van der Waals surface area contributed by atoms with Crippen LogP contribution in [0.2, 0.25) is 5.02 Å². The van der Waals surface area contributed by atoms with Crippen molar-refractivity contribution in [2.75, 3.05) is 25.1 Å². The Morgan fingerprint density at radius 2 is 1.88 bits per heavy atom. The summed E-state index contributed by atoms with van der Waals surface area (Å²) in [6.07, 6.45) is 5.26. The summed E-state index contributed by atoms with van der Waals surface area (Å²) in [5, 5.41) is 9.79. The Bertz CT molecular complexity index is 1220. The Morgan fingerprint density at radius 1 is 1.15 bits per heavy atom. The first-order chi connectivity index (χ1) is 16.0. The van der Waals surface area contributed by atoms with Crippen molar-refractivity contribution in [3.8, 4) is 5.69 Å². The van der Waals surface area contributed by atoms with Crippen molar-refractivity contribution in [2.24, 2.45) is 5.41 Å². The van der Waals surface area contributed by atoms with Gasteiger partial charge in [-0.2, -0.15) is 0 Å². The minimum absolute atomic E-state index is 0.284. The highest BCUT2D eigenvalue weighted by Crippen LogP contribution is 2.56. The molecule has 170 valence electrons. The van der Waals surface area contributed by atoms with Crippen LogP contribution in [0.3, 0.4) is 0 Å². The summed E-state index contributed by atoms with van der Waals surface area (Å²) < 4.78 is 7.17. The quantitative estimate of drug-likeness (QED) is 0.569. The molecule has 1 amide bonds. The maximum Gasteiger partial charge on any atom is 0.410 e. The van der Waals surface area contributed by atoms with Gasteiger partial charge in [0.2, 0.25) is 5.95 Å². The van der Waals surface area contributed by atoms with E-state index in [9.17, 15) is 4.79 Å². The molecular formula is C23H24ClN7O2. The number of benzene rings is 1. The Balaban J connectivity index is 1.30. The van der Waals surface area contributed by atoms with Crippen molar-refractivity contribution in [1.82, 2.24) is 29.6 Å². The minimum atomic E-state index is -0.397. The number of hydrogen-bond donors (Lipinski definition) is 0. The summed E-state index contributed by atoms with van der Waals surface area (Å²) in [5.74, 6) is 2.80. The zero-order chi connectivity index (χ0) is 22.7. The molecule has 4 heterocycles. The maximum atomic E-state index is 12.5. The molecule has 10 heteroatoms. The number of hydrogen-bond acceptors (Lipinski definition) is 7. The van der Waals surface area contributed by atoms with Crippen LogP contribution < -0.4 is 4.90 Å². The van der Waals surface area contributed by atoms with Crippen molar-refractivity contribution < 1.29 is 9.53 Å². The predicted molar refractivity (Wildman–Crippen MR) is 121 cm³/mol. The Morgan fingerprint density at radius 3 is 2.61 bits per heavy atom. The van der Waals surface area contributed by atoms with Crippen molar-refractivity contribution in [3.05, 3.63) is 58.9 Å². The van der Waals surface area contributed by atoms with Crippen molar-refractivity contribution in [2.45, 2.75) is 38.3 Å². The number of anilines is 1. The van der Waals surface area contributed by atoms with E-state index in [1.807, 2.05) is 31.2 Å². The van der Waals surface area contributed by atoms with Crippen LogP contribution in [0, 0.1) is 5.41 Å². The molecule has 1 saturated heterocycles. The second-order valence-corrected chi connectivity index (χ2v) is 9.75. The molecule has 1 unspecified atom stereocenters. The molecule has 2 fully saturated rings. The number of nitrogens with zero attached hydrogens (tertiary/aromatic N) is 7. The van der Waals surface area contributed by atoms with Gasteiger partial charge in [-0.1, -0.05) is 11.6 Å². The summed E-state index contributed by atoms with van der Waals surface area (Å²) in [6.45, 7) is 4.29. The molecule has 3 aliphatic rings. The van der Waals surface area contributed by atoms with E-state index in [0.717, 1.165) is 54.8 Å². The van der Waals surface area contributed by atoms with Gasteiger partial charge < -0.3 is 9.64 Å². The molecule has 1 saturated carbocycles. The van der Waals surface area contributed by atoms with E-state index in [1.165, 1.54) is 7.11 Å². The number of amides is 1. The monoisotopic (exact) mass is 465 g/mol. The van der Waals surface area contributed by atoms with Gasteiger partial charge in [-0.25, -0.2) is 14.8 Å². The third-order valence-electron chi connectivity index (χ3n) is 7.20. The first kappa shape index (κ1) is 20.4. The van der Waals surface area contributed by atoms with E-state index in [0.29, 0.717) is 17.5 Å². The number of halogens is 1. The van der Waals surface area contributed by atoms with Crippen LogP contribution >= 0.6 is 11.6 Å². The number of carbonyl (C=O) groups is 1. The summed E-state index contributed by atoms with van der Waals surface area (Å²) in [5.41, 5.74) is 2.21. The van der Waals surface area contributed by atoms with Crippen LogP contribution in [0.5, 0.6) is 0 Å². The SMILES string of the molecule is COC(=O)N1Cc2cc(Cl)ccc2-n2c(C3CC4(C3)CN(c3ncccn3)C4)nnc2C1C. The average molecular weight is 466 g/mol. The Hall–Kier alpha value is -3.20. The highest BCUT2D eigenvalue weighted by Gasteiger charge is 2.55. The lowest BCUT2D eigenvalue weighted by atomic mass is 9.57. The van der Waals surface area contributed by atoms with E-state index in [1.54, 1.807) is 17.3 Å². The topological polar surface area (TPSA) is 89.3 Å². The number of carbonyl (C=O) groups excluding carboxylic acids is 1. The third kappa shape index (κ3) is 3.17. The van der Waals surface area contributed by atoms with Crippen molar-refractivity contribution in [1.29, 1.82) is 0 Å². The molecule has 1 aliphatic carbocycles. The van der Waals surface area contributed by atoms with Gasteiger partial charge in [0, 0.05) is 41.8 Å². The van der Waals surface area contributed by atoms with Gasteiger partial charge >= 0.3 is 6.09 Å². The molecule has 9 nitrogen and oxygen atoms in total. The van der Waals surface area contributed by atoms with Crippen molar-refractivity contribution in [3.63, 3.8) is 0 Å². The third-order valence-corrected chi connectivity index (χ3v) is 7.43. The summed E-state index contributed by atoms with van der Waals surface area (Å²) in [4.78, 5) is 25.1. The zero-order valence-corrected chi connectivity index (χ0v) is 19.2. The minimum Gasteiger partial charge on any atom is -0.453 e. The first-order valence-corrected chi connectivity index (χ1v) is 11.5. The van der Waals surface area contributed by atoms with Gasteiger partial charge in [-0.3, -0.25) is 9.47 Å². The van der Waals surface area contributed by atoms with Gasteiger partial charge in [-0.05, 0) is 49.6 Å². The molecule has 6 rings (SSSR count). The molecular weight excluding hydrogens is 442 g/mol. The van der Waals surface area contributed by atoms with Crippen LogP contribution in [-0.4, -0.2) is 55.9 Å². The van der Waals surface area contributed by atoms with Gasteiger partial charge in [0.25, 0.3) is 0 Å². The lowest BCUT2D eigenvalue weighted by molar-refractivity contribution is 0.0574. The standard InChI is InChI=1S/C23H24ClN7O2/c1-14-19-27-28-20(16-9-23(10-16)12-29(13-23)21-25-6-3-7-26-21)31(19)18-5-4-17(24)8-15(18)11-30(14)22(32)33-2/h3-8,14,16H,9-13H2,1-2H3. The highest BCUT2D eigenvalue weighted by atomic mass is 35.5. The normalized spacial score (nSPS) is 21.0. The fourth-order valence-electron chi connectivity index (χ4n) is 5.58. The Labute approximate surface area is 196 Å². The molecule has 1 aromatic carbocycles. The van der Waals surface area contributed by atoms with E-state index < -0.39 is 6.09 Å². The molecule has 1 atom stereocenters. The summed E-state index contributed by atoms with van der Waals surface area (Å²) >= 11 is 6.31. The van der Waals surface area contributed by atoms with Crippen LogP contribution in [0.25, 0.3) is 5.69 Å². The average Bonchev–Trinajstić information content (AvgIpc) is 3.15. The molecule has 0 N–H and O–H groups in total. The number of ether oxygens (including phenoxy) is 1. The molecule has 2 aliphatic heterocycles. The second kappa shape index (κ2) is 7.41. The summed E-state index contributed by atoms with van der Waals surface area (Å²) in [7, 11) is 1.39. The van der Waals surface area contributed by atoms with Crippen LogP contribution in [0.15, 0.2) is 36.7 Å². The number of rotatable bonds is 2. The van der Waals surface area contributed by atoms with E-state index in [2.05, 4.69) is 29.6 Å². The van der Waals surface area contributed by atoms with E-state index in [4.69, 9.17) is 16.3 Å². The summed E-state index contributed by atoms with van der Waals surface area (Å²) in [6, 6.07) is 7.33. The second-order valence-electron chi connectivity index (χ2n) is 9.31. The lowest BCUT2D eigenvalue weighted by Crippen LogP contribution is -2.62. The fourth-order valence-corrected chi connectivity index (χ4v) is 5.77. The fraction of sp³-hybridized carbons (Fsp3) is 0.435. The van der Waals surface area contributed by atoms with E-state index >= 15 is 0 Å². The van der Waals surface area contributed by atoms with Gasteiger partial charge in [0.15, 0.2) is 5.82 Å². The largest absolute Gasteiger partial charge is 0.453 e. The molecule has 0 radical (unpaired) electrons. The Kier molecular flexibility index (Phi) is 4.58. The number of aromatic nitrogens is 5. The van der Waals surface area contributed by atoms with Crippen molar-refractivity contribution >= 4 is 23.6 Å².